The molecule has 0 spiro atoms. The van der Waals surface area contributed by atoms with Gasteiger partial charge < -0.3 is 19.9 Å². The van der Waals surface area contributed by atoms with E-state index >= 15 is 0 Å². The van der Waals surface area contributed by atoms with Crippen LogP contribution in [0, 0.1) is 11.3 Å². The van der Waals surface area contributed by atoms with E-state index in [1.165, 1.54) is 18.1 Å². The molecule has 0 aromatic heterocycles. The number of hydrogen-bond acceptors (Lipinski definition) is 5. The van der Waals surface area contributed by atoms with E-state index in [-0.39, 0.29) is 44.4 Å². The summed E-state index contributed by atoms with van der Waals surface area (Å²) in [5, 5.41) is 11.7. The van der Waals surface area contributed by atoms with Gasteiger partial charge in [-0.2, -0.15) is 18.4 Å². The summed E-state index contributed by atoms with van der Waals surface area (Å²) in [6.07, 6.45) is -4.69. The van der Waals surface area contributed by atoms with Gasteiger partial charge in [0, 0.05) is 44.5 Å². The standard InChI is InChI=1S/C23H23F3N4O3/c1-33-12-9-28-21(31)20-15-29(10-11-30(20)22(32)16-5-3-2-4-6-16)18-8-7-17(14-27)19(13-18)23(24,25)26/h2-8,13,20H,9-12,15H2,1H3,(H,28,31). The fourth-order valence-corrected chi connectivity index (χ4v) is 3.69. The van der Waals surface area contributed by atoms with Gasteiger partial charge in [0.05, 0.1) is 23.8 Å². The number of hydrogen-bond donors (Lipinski definition) is 1. The summed E-state index contributed by atoms with van der Waals surface area (Å²) < 4.78 is 45.2. The minimum absolute atomic E-state index is 0.000582. The molecule has 0 aliphatic carbocycles. The van der Waals surface area contributed by atoms with Crippen LogP contribution in [0.5, 0.6) is 0 Å². The number of amides is 2. The molecule has 2 aromatic carbocycles. The van der Waals surface area contributed by atoms with Crippen LogP contribution in [0.4, 0.5) is 18.9 Å². The minimum Gasteiger partial charge on any atom is -0.383 e. The summed E-state index contributed by atoms with van der Waals surface area (Å²) in [7, 11) is 1.49. The van der Waals surface area contributed by atoms with Crippen molar-refractivity contribution in [2.24, 2.45) is 0 Å². The third-order valence-electron chi connectivity index (χ3n) is 5.36. The molecule has 3 rings (SSSR count). The molecule has 0 saturated carbocycles. The summed E-state index contributed by atoms with van der Waals surface area (Å²) in [5.74, 6) is -0.760. The minimum atomic E-state index is -4.69. The maximum absolute atomic E-state index is 13.4. The van der Waals surface area contributed by atoms with Crippen LogP contribution >= 0.6 is 0 Å². The van der Waals surface area contributed by atoms with Crippen LogP contribution in [0.1, 0.15) is 21.5 Å². The topological polar surface area (TPSA) is 85.7 Å². The van der Waals surface area contributed by atoms with Crippen molar-refractivity contribution < 1.29 is 27.5 Å². The number of carbonyl (C=O) groups is 2. The van der Waals surface area contributed by atoms with E-state index < -0.39 is 29.3 Å². The Labute approximate surface area is 189 Å². The number of benzene rings is 2. The number of ether oxygens (including phenoxy) is 1. The van der Waals surface area contributed by atoms with E-state index in [0.29, 0.717) is 5.56 Å². The van der Waals surface area contributed by atoms with Gasteiger partial charge in [0.2, 0.25) is 5.91 Å². The number of piperazine rings is 1. The Hall–Kier alpha value is -3.58. The number of rotatable bonds is 6. The second-order valence-electron chi connectivity index (χ2n) is 7.45. The van der Waals surface area contributed by atoms with Gasteiger partial charge in [0.1, 0.15) is 6.04 Å². The van der Waals surface area contributed by atoms with E-state index in [4.69, 9.17) is 10.00 Å². The lowest BCUT2D eigenvalue weighted by Crippen LogP contribution is -2.61. The number of nitrogens with one attached hydrogen (secondary N) is 1. The zero-order valence-electron chi connectivity index (χ0n) is 17.9. The summed E-state index contributed by atoms with van der Waals surface area (Å²) in [5.41, 5.74) is -0.870. The van der Waals surface area contributed by atoms with Gasteiger partial charge in [-0.25, -0.2) is 0 Å². The van der Waals surface area contributed by atoms with Crippen molar-refractivity contribution in [1.82, 2.24) is 10.2 Å². The number of nitrogens with zero attached hydrogens (tertiary/aromatic N) is 3. The number of methoxy groups -OCH3 is 1. The summed E-state index contributed by atoms with van der Waals surface area (Å²) in [6.45, 7) is 0.870. The van der Waals surface area contributed by atoms with Crippen molar-refractivity contribution in [2.45, 2.75) is 12.2 Å². The third kappa shape index (κ3) is 5.62. The van der Waals surface area contributed by atoms with Gasteiger partial charge in [-0.05, 0) is 30.3 Å². The maximum Gasteiger partial charge on any atom is 0.417 e. The van der Waals surface area contributed by atoms with E-state index in [2.05, 4.69) is 5.32 Å². The molecule has 7 nitrogen and oxygen atoms in total. The normalized spacial score (nSPS) is 16.3. The zero-order chi connectivity index (χ0) is 24.0. The lowest BCUT2D eigenvalue weighted by atomic mass is 10.0. The zero-order valence-corrected chi connectivity index (χ0v) is 17.9. The van der Waals surface area contributed by atoms with Crippen LogP contribution in [0.25, 0.3) is 0 Å². The van der Waals surface area contributed by atoms with Crippen LogP contribution in [0.3, 0.4) is 0 Å². The largest absolute Gasteiger partial charge is 0.417 e. The Morgan fingerprint density at radius 3 is 2.55 bits per heavy atom. The molecule has 2 amide bonds. The van der Waals surface area contributed by atoms with Gasteiger partial charge >= 0.3 is 6.18 Å². The third-order valence-corrected chi connectivity index (χ3v) is 5.36. The molecular formula is C23H23F3N4O3. The molecule has 174 valence electrons. The summed E-state index contributed by atoms with van der Waals surface area (Å²) >= 11 is 0. The van der Waals surface area contributed by atoms with E-state index in [9.17, 15) is 22.8 Å². The molecule has 1 saturated heterocycles. The molecule has 0 radical (unpaired) electrons. The Kier molecular flexibility index (Phi) is 7.55. The Bertz CT molecular complexity index is 1040. The summed E-state index contributed by atoms with van der Waals surface area (Å²) in [4.78, 5) is 29.0. The number of anilines is 1. The first-order chi connectivity index (χ1) is 15.8. The van der Waals surface area contributed by atoms with Crippen LogP contribution in [-0.4, -0.2) is 62.7 Å². The van der Waals surface area contributed by atoms with Gasteiger partial charge in [0.25, 0.3) is 5.91 Å². The van der Waals surface area contributed by atoms with Gasteiger partial charge in [-0.15, -0.1) is 0 Å². The SMILES string of the molecule is COCCNC(=O)C1CN(c2ccc(C#N)c(C(F)(F)F)c2)CCN1C(=O)c1ccccc1. The van der Waals surface area contributed by atoms with Crippen LogP contribution in [0.2, 0.25) is 0 Å². The first kappa shape index (κ1) is 24.1. The highest BCUT2D eigenvalue weighted by Gasteiger charge is 2.38. The fraction of sp³-hybridized carbons (Fsp3) is 0.348. The first-order valence-corrected chi connectivity index (χ1v) is 10.2. The van der Waals surface area contributed by atoms with Crippen LogP contribution in [0.15, 0.2) is 48.5 Å². The molecule has 0 bridgehead atoms. The molecule has 1 atom stereocenters. The fourth-order valence-electron chi connectivity index (χ4n) is 3.69. The second-order valence-corrected chi connectivity index (χ2v) is 7.45. The molecule has 33 heavy (non-hydrogen) atoms. The van der Waals surface area contributed by atoms with Crippen LogP contribution < -0.4 is 10.2 Å². The monoisotopic (exact) mass is 460 g/mol. The first-order valence-electron chi connectivity index (χ1n) is 10.2. The maximum atomic E-state index is 13.4. The average Bonchev–Trinajstić information content (AvgIpc) is 2.83. The Morgan fingerprint density at radius 1 is 1.18 bits per heavy atom. The highest BCUT2D eigenvalue weighted by atomic mass is 19.4. The summed E-state index contributed by atoms with van der Waals surface area (Å²) in [6, 6.07) is 12.6. The molecule has 2 aromatic rings. The van der Waals surface area contributed by atoms with Crippen molar-refractivity contribution in [3.63, 3.8) is 0 Å². The molecule has 1 heterocycles. The van der Waals surface area contributed by atoms with Gasteiger partial charge in [-0.1, -0.05) is 18.2 Å². The number of nitriles is 1. The van der Waals surface area contributed by atoms with E-state index in [1.54, 1.807) is 41.3 Å². The lowest BCUT2D eigenvalue weighted by Gasteiger charge is -2.41. The molecule has 1 aliphatic rings. The molecule has 10 heteroatoms. The molecule has 1 unspecified atom stereocenters. The molecular weight excluding hydrogens is 437 g/mol. The number of halogens is 3. The van der Waals surface area contributed by atoms with Crippen molar-refractivity contribution in [2.75, 3.05) is 44.8 Å². The second kappa shape index (κ2) is 10.4. The molecule has 1 fully saturated rings. The van der Waals surface area contributed by atoms with Crippen molar-refractivity contribution >= 4 is 17.5 Å². The smallest absolute Gasteiger partial charge is 0.383 e. The predicted octanol–water partition coefficient (Wildman–Crippen LogP) is 2.67. The number of alkyl halides is 3. The van der Waals surface area contributed by atoms with Gasteiger partial charge in [0.15, 0.2) is 0 Å². The number of carbonyl (C=O) groups excluding carboxylic acids is 2. The molecule has 1 aliphatic heterocycles. The van der Waals surface area contributed by atoms with Crippen molar-refractivity contribution in [3.05, 3.63) is 65.2 Å². The Morgan fingerprint density at radius 2 is 1.91 bits per heavy atom. The van der Waals surface area contributed by atoms with Crippen LogP contribution in [-0.2, 0) is 15.7 Å². The van der Waals surface area contributed by atoms with Crippen molar-refractivity contribution in [1.29, 1.82) is 5.26 Å². The lowest BCUT2D eigenvalue weighted by molar-refractivity contribution is -0.137. The van der Waals surface area contributed by atoms with Crippen molar-refractivity contribution in [3.8, 4) is 6.07 Å². The highest BCUT2D eigenvalue weighted by Crippen LogP contribution is 2.35. The quantitative estimate of drug-likeness (QED) is 0.670. The highest BCUT2D eigenvalue weighted by molar-refractivity contribution is 5.98. The molecule has 1 N–H and O–H groups in total. The predicted molar refractivity (Wildman–Crippen MR) is 115 cm³/mol. The van der Waals surface area contributed by atoms with Gasteiger partial charge in [-0.3, -0.25) is 9.59 Å². The Balaban J connectivity index is 1.89. The average molecular weight is 460 g/mol. The van der Waals surface area contributed by atoms with E-state index in [0.717, 1.165) is 12.1 Å². The van der Waals surface area contributed by atoms with E-state index in [1.807, 2.05) is 0 Å².